The lowest BCUT2D eigenvalue weighted by Gasteiger charge is -2.43. The molecule has 0 saturated carbocycles. The molecule has 1 aliphatic heterocycles. The molecule has 0 aromatic heterocycles. The highest BCUT2D eigenvalue weighted by atomic mass is 32.2. The summed E-state index contributed by atoms with van der Waals surface area (Å²) in [6.45, 7) is 6.41. The highest BCUT2D eigenvalue weighted by Gasteiger charge is 2.52. The molecule has 0 N–H and O–H groups in total. The lowest BCUT2D eigenvalue weighted by molar-refractivity contribution is -0.237. The molecule has 0 aromatic rings. The Morgan fingerprint density at radius 3 is 1.83 bits per heavy atom. The van der Waals surface area contributed by atoms with E-state index in [0.29, 0.717) is 6.61 Å². The Morgan fingerprint density at radius 1 is 0.828 bits per heavy atom. The van der Waals surface area contributed by atoms with Crippen LogP contribution in [0.1, 0.15) is 34.6 Å². The number of carbonyl (C=O) groups is 4. The summed E-state index contributed by atoms with van der Waals surface area (Å²) in [6, 6.07) is 0. The molecule has 1 fully saturated rings. The maximum atomic E-state index is 11.7. The Hall–Kier alpha value is -1.92. The van der Waals surface area contributed by atoms with Crippen molar-refractivity contribution in [1.29, 1.82) is 0 Å². The molecule has 0 unspecified atom stereocenters. The number of thioether (sulfide) groups is 1. The molecule has 0 amide bonds. The van der Waals surface area contributed by atoms with Crippen LogP contribution in [0.3, 0.4) is 0 Å². The lowest BCUT2D eigenvalue weighted by atomic mass is 9.99. The van der Waals surface area contributed by atoms with E-state index in [4.69, 9.17) is 40.6 Å². The summed E-state index contributed by atoms with van der Waals surface area (Å²) in [5.41, 5.74) is -0.977. The van der Waals surface area contributed by atoms with Crippen molar-refractivity contribution in [3.8, 4) is 0 Å². The monoisotopic (exact) mass is 452 g/mol. The molecule has 5 atom stereocenters. The van der Waals surface area contributed by atoms with Gasteiger partial charge in [0.25, 0.3) is 0 Å². The first-order valence-electron chi connectivity index (χ1n) is 8.69. The summed E-state index contributed by atoms with van der Waals surface area (Å²) in [4.78, 5) is 46.2. The number of thiocarbonyl (C=S) groups is 1. The third-order valence-electron chi connectivity index (χ3n) is 3.42. The molecule has 0 spiro atoms. The van der Waals surface area contributed by atoms with Crippen LogP contribution in [0.2, 0.25) is 0 Å². The van der Waals surface area contributed by atoms with Crippen molar-refractivity contribution in [3.63, 3.8) is 0 Å². The number of rotatable bonds is 7. The van der Waals surface area contributed by atoms with Crippen molar-refractivity contribution in [2.45, 2.75) is 64.5 Å². The van der Waals surface area contributed by atoms with Crippen LogP contribution in [0.25, 0.3) is 0 Å². The maximum Gasteiger partial charge on any atom is 0.303 e. The van der Waals surface area contributed by atoms with Crippen LogP contribution in [-0.4, -0.2) is 71.3 Å². The second-order valence-corrected chi connectivity index (χ2v) is 7.57. The maximum absolute atomic E-state index is 11.7. The Kier molecular flexibility index (Phi) is 10.3. The van der Waals surface area contributed by atoms with Crippen molar-refractivity contribution < 1.29 is 47.6 Å². The van der Waals surface area contributed by atoms with Crippen molar-refractivity contribution in [2.24, 2.45) is 0 Å². The smallest absolute Gasteiger partial charge is 0.303 e. The van der Waals surface area contributed by atoms with Crippen LogP contribution < -0.4 is 0 Å². The van der Waals surface area contributed by atoms with Crippen LogP contribution in [0, 0.1) is 0 Å². The number of carbonyl (C=O) groups excluding carboxylic acids is 4. The van der Waals surface area contributed by atoms with E-state index in [1.807, 2.05) is 0 Å². The van der Waals surface area contributed by atoms with Crippen LogP contribution in [-0.2, 0) is 47.6 Å². The largest absolute Gasteiger partial charge is 0.479 e. The van der Waals surface area contributed by atoms with Crippen molar-refractivity contribution in [2.75, 3.05) is 13.2 Å². The number of hydrogen-bond acceptors (Lipinski definition) is 12. The SMILES string of the molecule is CCOC(=S)S[C@@H]1O[C@@H](COC(C)=O)[C@@H](OC(C)=O)[C@@H](OC(C)=O)[C@H]1OC(C)=O. The molecule has 1 heterocycles. The predicted molar refractivity (Wildman–Crippen MR) is 104 cm³/mol. The third kappa shape index (κ3) is 8.54. The summed E-state index contributed by atoms with van der Waals surface area (Å²) in [7, 11) is 0. The molecule has 164 valence electrons. The quantitative estimate of drug-likeness (QED) is 0.312. The Morgan fingerprint density at radius 2 is 1.34 bits per heavy atom. The zero-order chi connectivity index (χ0) is 22.1. The average Bonchev–Trinajstić information content (AvgIpc) is 2.57. The Balaban J connectivity index is 3.29. The van der Waals surface area contributed by atoms with Crippen molar-refractivity contribution >= 4 is 52.2 Å². The first-order valence-corrected chi connectivity index (χ1v) is 9.97. The van der Waals surface area contributed by atoms with Crippen LogP contribution in [0.15, 0.2) is 0 Å². The Labute approximate surface area is 177 Å². The zero-order valence-corrected chi connectivity index (χ0v) is 18.3. The fourth-order valence-corrected chi connectivity index (χ4v) is 3.85. The van der Waals surface area contributed by atoms with E-state index in [1.54, 1.807) is 6.92 Å². The van der Waals surface area contributed by atoms with Gasteiger partial charge in [0, 0.05) is 27.7 Å². The molecule has 0 bridgehead atoms. The average molecular weight is 453 g/mol. The molecule has 1 rings (SSSR count). The van der Waals surface area contributed by atoms with Gasteiger partial charge >= 0.3 is 23.9 Å². The second-order valence-electron chi connectivity index (χ2n) is 5.87. The van der Waals surface area contributed by atoms with Gasteiger partial charge < -0.3 is 28.4 Å². The van der Waals surface area contributed by atoms with Crippen molar-refractivity contribution in [3.05, 3.63) is 0 Å². The molecule has 1 saturated heterocycles. The summed E-state index contributed by atoms with van der Waals surface area (Å²) < 4.78 is 32.1. The first-order chi connectivity index (χ1) is 13.5. The van der Waals surface area contributed by atoms with Gasteiger partial charge in [0.1, 0.15) is 12.7 Å². The van der Waals surface area contributed by atoms with Crippen LogP contribution in [0.4, 0.5) is 0 Å². The fourth-order valence-electron chi connectivity index (χ4n) is 2.53. The topological polar surface area (TPSA) is 124 Å². The highest BCUT2D eigenvalue weighted by molar-refractivity contribution is 8.22. The van der Waals surface area contributed by atoms with Gasteiger partial charge in [-0.1, -0.05) is 0 Å². The minimum absolute atomic E-state index is 0.105. The second kappa shape index (κ2) is 11.9. The minimum Gasteiger partial charge on any atom is -0.479 e. The van der Waals surface area contributed by atoms with Gasteiger partial charge in [0.2, 0.25) is 4.38 Å². The molecular formula is C17H24O10S2. The number of hydrogen-bond donors (Lipinski definition) is 0. The van der Waals surface area contributed by atoms with Gasteiger partial charge in [-0.15, -0.1) is 0 Å². The van der Waals surface area contributed by atoms with Crippen molar-refractivity contribution in [1.82, 2.24) is 0 Å². The molecule has 29 heavy (non-hydrogen) atoms. The molecule has 10 nitrogen and oxygen atoms in total. The van der Waals surface area contributed by atoms with E-state index in [1.165, 1.54) is 13.8 Å². The standard InChI is InChI=1S/C17H24O10S2/c1-6-22-17(28)29-16-15(26-11(5)21)14(25-10(4)20)13(24-9(3)19)12(27-16)7-23-8(2)18/h12-16H,6-7H2,1-5H3/t12-,13+,14+,15+,16-/m0/s1. The number of esters is 4. The highest BCUT2D eigenvalue weighted by Crippen LogP contribution is 2.35. The van der Waals surface area contributed by atoms with E-state index < -0.39 is 53.7 Å². The van der Waals surface area contributed by atoms with E-state index in [9.17, 15) is 19.2 Å². The van der Waals surface area contributed by atoms with E-state index in [0.717, 1.165) is 25.6 Å². The van der Waals surface area contributed by atoms with Gasteiger partial charge in [-0.05, 0) is 30.9 Å². The number of ether oxygens (including phenoxy) is 6. The normalized spacial score (nSPS) is 26.0. The van der Waals surface area contributed by atoms with Crippen LogP contribution >= 0.6 is 24.0 Å². The zero-order valence-electron chi connectivity index (χ0n) is 16.7. The first kappa shape index (κ1) is 25.1. The molecule has 0 aromatic carbocycles. The van der Waals surface area contributed by atoms with Crippen LogP contribution in [0.5, 0.6) is 0 Å². The van der Waals surface area contributed by atoms with E-state index in [2.05, 4.69) is 0 Å². The third-order valence-corrected chi connectivity index (χ3v) is 4.75. The summed E-state index contributed by atoms with van der Waals surface area (Å²) in [5.74, 6) is -2.66. The van der Waals surface area contributed by atoms with Gasteiger partial charge in [-0.25, -0.2) is 0 Å². The summed E-state index contributed by atoms with van der Waals surface area (Å²) in [6.07, 6.45) is -4.60. The molecular weight excluding hydrogens is 428 g/mol. The summed E-state index contributed by atoms with van der Waals surface area (Å²) in [5, 5.41) is 0. The molecule has 0 radical (unpaired) electrons. The summed E-state index contributed by atoms with van der Waals surface area (Å²) >= 11 is 6.04. The molecule has 1 aliphatic rings. The van der Waals surface area contributed by atoms with E-state index in [-0.39, 0.29) is 11.0 Å². The molecule has 12 heteroatoms. The Bertz CT molecular complexity index is 638. The van der Waals surface area contributed by atoms with E-state index >= 15 is 0 Å². The van der Waals surface area contributed by atoms with Gasteiger partial charge in [-0.2, -0.15) is 0 Å². The minimum atomic E-state index is -1.23. The van der Waals surface area contributed by atoms with Gasteiger partial charge in [0.15, 0.2) is 23.7 Å². The molecule has 0 aliphatic carbocycles. The lowest BCUT2D eigenvalue weighted by Crippen LogP contribution is -2.61. The predicted octanol–water partition coefficient (Wildman–Crippen LogP) is 1.12. The fraction of sp³-hybridized carbons (Fsp3) is 0.706. The van der Waals surface area contributed by atoms with Gasteiger partial charge in [0.05, 0.1) is 6.61 Å². The van der Waals surface area contributed by atoms with Gasteiger partial charge in [-0.3, -0.25) is 19.2 Å².